The Morgan fingerprint density at radius 2 is 1.85 bits per heavy atom. The third kappa shape index (κ3) is 4.70. The number of halogens is 1. The first-order valence-corrected chi connectivity index (χ1v) is 7.96. The largest absolute Gasteiger partial charge is 0.383 e. The van der Waals surface area contributed by atoms with E-state index in [0.29, 0.717) is 16.4 Å². The van der Waals surface area contributed by atoms with Crippen LogP contribution in [0.25, 0.3) is 0 Å². The summed E-state index contributed by atoms with van der Waals surface area (Å²) in [6.45, 7) is -0.205. The minimum absolute atomic E-state index is 0.123. The third-order valence-corrected chi connectivity index (χ3v) is 3.82. The average molecular weight is 377 g/mol. The van der Waals surface area contributed by atoms with Crippen LogP contribution in [-0.4, -0.2) is 42.3 Å². The van der Waals surface area contributed by atoms with Crippen LogP contribution in [0.15, 0.2) is 42.5 Å². The number of likely N-dealkylation sites (N-methyl/N-ethyl adjacent to an activating group) is 1. The minimum atomic E-state index is -0.574. The number of nitrogens with one attached hydrogen (secondary N) is 2. The molecule has 26 heavy (non-hydrogen) atoms. The van der Waals surface area contributed by atoms with Gasteiger partial charge in [0.2, 0.25) is 5.91 Å². The molecule has 0 aromatic heterocycles. The number of nitrogens with zero attached hydrogens (tertiary/aromatic N) is 2. The minimum Gasteiger partial charge on any atom is -0.383 e. The van der Waals surface area contributed by atoms with Crippen LogP contribution in [0, 0.1) is 10.1 Å². The predicted octanol–water partition coefficient (Wildman–Crippen LogP) is 3.00. The van der Waals surface area contributed by atoms with E-state index in [-0.39, 0.29) is 17.8 Å². The van der Waals surface area contributed by atoms with Gasteiger partial charge in [0.25, 0.3) is 11.6 Å². The van der Waals surface area contributed by atoms with E-state index in [4.69, 9.17) is 11.6 Å². The van der Waals surface area contributed by atoms with Gasteiger partial charge in [-0.2, -0.15) is 0 Å². The van der Waals surface area contributed by atoms with Crippen LogP contribution in [0.2, 0.25) is 5.02 Å². The van der Waals surface area contributed by atoms with Crippen molar-refractivity contribution in [3.05, 3.63) is 63.2 Å². The zero-order chi connectivity index (χ0) is 19.3. The Kier molecular flexibility index (Phi) is 6.13. The molecule has 2 amide bonds. The zero-order valence-electron chi connectivity index (χ0n) is 14.2. The van der Waals surface area contributed by atoms with E-state index < -0.39 is 16.7 Å². The number of amides is 2. The summed E-state index contributed by atoms with van der Waals surface area (Å²) in [5.41, 5.74) is 0.763. The van der Waals surface area contributed by atoms with Crippen LogP contribution < -0.4 is 10.6 Å². The lowest BCUT2D eigenvalue weighted by atomic mass is 10.1. The van der Waals surface area contributed by atoms with Crippen molar-refractivity contribution in [2.75, 3.05) is 31.3 Å². The SMILES string of the molecule is CNc1ccc(C(=O)N(C)CC(=O)Nc2ccc(Cl)cc2)cc1[N+](=O)[O-]. The fraction of sp³-hybridized carbons (Fsp3) is 0.176. The van der Waals surface area contributed by atoms with Crippen LogP contribution in [0.4, 0.5) is 17.1 Å². The molecule has 2 aromatic rings. The van der Waals surface area contributed by atoms with Crippen LogP contribution >= 0.6 is 11.6 Å². The fourth-order valence-electron chi connectivity index (χ4n) is 2.27. The summed E-state index contributed by atoms with van der Waals surface area (Å²) in [6.07, 6.45) is 0. The molecule has 0 saturated carbocycles. The van der Waals surface area contributed by atoms with Crippen LogP contribution in [0.3, 0.4) is 0 Å². The first-order valence-electron chi connectivity index (χ1n) is 7.59. The molecule has 0 atom stereocenters. The molecule has 0 aliphatic heterocycles. The third-order valence-electron chi connectivity index (χ3n) is 3.57. The monoisotopic (exact) mass is 376 g/mol. The summed E-state index contributed by atoms with van der Waals surface area (Å²) in [5.74, 6) is -0.897. The van der Waals surface area contributed by atoms with E-state index in [1.54, 1.807) is 31.3 Å². The molecule has 0 aliphatic rings. The van der Waals surface area contributed by atoms with Crippen molar-refractivity contribution >= 4 is 40.5 Å². The Balaban J connectivity index is 2.07. The summed E-state index contributed by atoms with van der Waals surface area (Å²) in [5, 5.41) is 17.0. The molecule has 2 N–H and O–H groups in total. The first-order chi connectivity index (χ1) is 12.3. The van der Waals surface area contributed by atoms with E-state index in [1.807, 2.05) is 0 Å². The molecule has 136 valence electrons. The molecule has 0 aliphatic carbocycles. The molecule has 0 unspecified atom stereocenters. The molecule has 0 spiro atoms. The highest BCUT2D eigenvalue weighted by Gasteiger charge is 2.20. The quantitative estimate of drug-likeness (QED) is 0.595. The average Bonchev–Trinajstić information content (AvgIpc) is 2.62. The van der Waals surface area contributed by atoms with Gasteiger partial charge in [0.15, 0.2) is 0 Å². The van der Waals surface area contributed by atoms with E-state index in [1.165, 1.54) is 30.1 Å². The van der Waals surface area contributed by atoms with Crippen LogP contribution in [-0.2, 0) is 4.79 Å². The van der Waals surface area contributed by atoms with E-state index >= 15 is 0 Å². The van der Waals surface area contributed by atoms with Crippen molar-refractivity contribution in [3.63, 3.8) is 0 Å². The molecule has 9 heteroatoms. The molecule has 0 heterocycles. The maximum Gasteiger partial charge on any atom is 0.293 e. The Morgan fingerprint density at radius 3 is 2.42 bits per heavy atom. The molecule has 2 aromatic carbocycles. The summed E-state index contributed by atoms with van der Waals surface area (Å²) in [7, 11) is 3.00. The maximum atomic E-state index is 12.4. The van der Waals surface area contributed by atoms with Crippen molar-refractivity contribution in [2.24, 2.45) is 0 Å². The van der Waals surface area contributed by atoms with Gasteiger partial charge >= 0.3 is 0 Å². The number of anilines is 2. The summed E-state index contributed by atoms with van der Waals surface area (Å²) in [4.78, 5) is 36.2. The Morgan fingerprint density at radius 1 is 1.19 bits per heavy atom. The molecule has 2 rings (SSSR count). The Bertz CT molecular complexity index is 839. The zero-order valence-corrected chi connectivity index (χ0v) is 14.9. The maximum absolute atomic E-state index is 12.4. The van der Waals surface area contributed by atoms with Gasteiger partial charge in [0.05, 0.1) is 11.5 Å². The van der Waals surface area contributed by atoms with E-state index in [2.05, 4.69) is 10.6 Å². The molecule has 0 fully saturated rings. The van der Waals surface area contributed by atoms with Crippen molar-refractivity contribution in [1.82, 2.24) is 4.90 Å². The highest BCUT2D eigenvalue weighted by Crippen LogP contribution is 2.25. The van der Waals surface area contributed by atoms with Gasteiger partial charge < -0.3 is 15.5 Å². The lowest BCUT2D eigenvalue weighted by Gasteiger charge is -2.17. The number of carbonyl (C=O) groups excluding carboxylic acids is 2. The number of carbonyl (C=O) groups is 2. The number of nitro groups is 1. The second-order valence-electron chi connectivity index (χ2n) is 5.46. The molecule has 0 bridgehead atoms. The molecular weight excluding hydrogens is 360 g/mol. The number of nitro benzene ring substituents is 1. The second-order valence-corrected chi connectivity index (χ2v) is 5.89. The molecule has 0 radical (unpaired) electrons. The van der Waals surface area contributed by atoms with Gasteiger partial charge in [-0.1, -0.05) is 11.6 Å². The fourth-order valence-corrected chi connectivity index (χ4v) is 2.39. The summed E-state index contributed by atoms with van der Waals surface area (Å²) >= 11 is 5.78. The first kappa shape index (κ1) is 19.2. The van der Waals surface area contributed by atoms with Crippen molar-refractivity contribution in [1.29, 1.82) is 0 Å². The van der Waals surface area contributed by atoms with Crippen molar-refractivity contribution in [3.8, 4) is 0 Å². The van der Waals surface area contributed by atoms with Gasteiger partial charge in [0, 0.05) is 36.4 Å². The molecule has 8 nitrogen and oxygen atoms in total. The van der Waals surface area contributed by atoms with Crippen LogP contribution in [0.1, 0.15) is 10.4 Å². The Hall–Kier alpha value is -3.13. The van der Waals surface area contributed by atoms with Crippen LogP contribution in [0.5, 0.6) is 0 Å². The summed E-state index contributed by atoms with van der Waals surface area (Å²) in [6, 6.07) is 10.6. The van der Waals surface area contributed by atoms with Crippen molar-refractivity contribution < 1.29 is 14.5 Å². The Labute approximate surface area is 154 Å². The normalized spacial score (nSPS) is 10.1. The number of hydrogen-bond acceptors (Lipinski definition) is 5. The molecule has 0 saturated heterocycles. The number of rotatable bonds is 6. The summed E-state index contributed by atoms with van der Waals surface area (Å²) < 4.78 is 0. The number of hydrogen-bond donors (Lipinski definition) is 2. The predicted molar refractivity (Wildman–Crippen MR) is 99.7 cm³/mol. The molecular formula is C17H17ClN4O4. The highest BCUT2D eigenvalue weighted by molar-refractivity contribution is 6.30. The highest BCUT2D eigenvalue weighted by atomic mass is 35.5. The lowest BCUT2D eigenvalue weighted by molar-refractivity contribution is -0.384. The van der Waals surface area contributed by atoms with E-state index in [0.717, 1.165) is 0 Å². The van der Waals surface area contributed by atoms with Crippen molar-refractivity contribution in [2.45, 2.75) is 0 Å². The lowest BCUT2D eigenvalue weighted by Crippen LogP contribution is -2.35. The number of benzene rings is 2. The second kappa shape index (κ2) is 8.30. The van der Waals surface area contributed by atoms with Gasteiger partial charge in [-0.15, -0.1) is 0 Å². The topological polar surface area (TPSA) is 105 Å². The smallest absolute Gasteiger partial charge is 0.293 e. The van der Waals surface area contributed by atoms with Gasteiger partial charge in [0.1, 0.15) is 5.69 Å². The van der Waals surface area contributed by atoms with E-state index in [9.17, 15) is 19.7 Å². The standard InChI is InChI=1S/C17H17ClN4O4/c1-19-14-8-3-11(9-15(14)22(25)26)17(24)21(2)10-16(23)20-13-6-4-12(18)5-7-13/h3-9,19H,10H2,1-2H3,(H,20,23). The van der Waals surface area contributed by atoms with Gasteiger partial charge in [-0.25, -0.2) is 0 Å². The van der Waals surface area contributed by atoms with Gasteiger partial charge in [-0.05, 0) is 36.4 Å². The van der Waals surface area contributed by atoms with Gasteiger partial charge in [-0.3, -0.25) is 19.7 Å².